The highest BCUT2D eigenvalue weighted by Crippen LogP contribution is 2.19. The third-order valence-corrected chi connectivity index (χ3v) is 3.34. The zero-order chi connectivity index (χ0) is 13.3. The van der Waals surface area contributed by atoms with Crippen molar-refractivity contribution < 1.29 is 9.59 Å². The summed E-state index contributed by atoms with van der Waals surface area (Å²) < 4.78 is 0. The minimum atomic E-state index is -0.445. The minimum absolute atomic E-state index is 0.0646. The summed E-state index contributed by atoms with van der Waals surface area (Å²) in [5.41, 5.74) is 6.38. The Morgan fingerprint density at radius 1 is 1.56 bits per heavy atom. The summed E-state index contributed by atoms with van der Waals surface area (Å²) in [6, 6.07) is 4.20. The zero-order valence-corrected chi connectivity index (χ0v) is 10.7. The van der Waals surface area contributed by atoms with Gasteiger partial charge in [-0.05, 0) is 24.6 Å². The van der Waals surface area contributed by atoms with E-state index in [0.29, 0.717) is 29.2 Å². The van der Waals surface area contributed by atoms with E-state index in [1.807, 2.05) is 0 Å². The lowest BCUT2D eigenvalue weighted by atomic mass is 10.1. The molecule has 1 aromatic rings. The van der Waals surface area contributed by atoms with Crippen molar-refractivity contribution in [3.8, 4) is 0 Å². The molecule has 5 nitrogen and oxygen atoms in total. The fraction of sp³-hybridized carbons (Fsp3) is 0.333. The Kier molecular flexibility index (Phi) is 3.43. The molecule has 1 saturated heterocycles. The average Bonchev–Trinajstić information content (AvgIpc) is 2.64. The van der Waals surface area contributed by atoms with Gasteiger partial charge in [0, 0.05) is 19.2 Å². The van der Waals surface area contributed by atoms with Gasteiger partial charge in [-0.2, -0.15) is 0 Å². The fourth-order valence-electron chi connectivity index (χ4n) is 1.88. The third-order valence-electron chi connectivity index (χ3n) is 2.99. The Morgan fingerprint density at radius 2 is 2.28 bits per heavy atom. The van der Waals surface area contributed by atoms with E-state index in [2.05, 4.69) is 5.32 Å². The van der Waals surface area contributed by atoms with Crippen LogP contribution >= 0.6 is 11.6 Å². The van der Waals surface area contributed by atoms with E-state index in [4.69, 9.17) is 17.3 Å². The highest BCUT2D eigenvalue weighted by atomic mass is 35.5. The minimum Gasteiger partial charge on any atom is -0.398 e. The first-order valence-corrected chi connectivity index (χ1v) is 5.97. The molecule has 6 heteroatoms. The molecule has 0 bridgehead atoms. The van der Waals surface area contributed by atoms with Gasteiger partial charge in [0.25, 0.3) is 5.91 Å². The van der Waals surface area contributed by atoms with E-state index in [-0.39, 0.29) is 11.8 Å². The lowest BCUT2D eigenvalue weighted by molar-refractivity contribution is -0.128. The van der Waals surface area contributed by atoms with Crippen LogP contribution in [0.2, 0.25) is 5.02 Å². The molecule has 1 aliphatic heterocycles. The molecular formula is C12H14ClN3O2. The Bertz CT molecular complexity index is 504. The van der Waals surface area contributed by atoms with Gasteiger partial charge in [-0.15, -0.1) is 0 Å². The summed E-state index contributed by atoms with van der Waals surface area (Å²) in [4.78, 5) is 25.2. The number of hydrogen-bond donors (Lipinski definition) is 2. The molecule has 96 valence electrons. The van der Waals surface area contributed by atoms with E-state index >= 15 is 0 Å². The van der Waals surface area contributed by atoms with Crippen LogP contribution in [0.4, 0.5) is 5.69 Å². The van der Waals surface area contributed by atoms with Gasteiger partial charge < -0.3 is 16.0 Å². The Morgan fingerprint density at radius 3 is 2.83 bits per heavy atom. The van der Waals surface area contributed by atoms with Crippen LogP contribution in [0.15, 0.2) is 18.2 Å². The molecular weight excluding hydrogens is 254 g/mol. The molecule has 0 aromatic heterocycles. The number of likely N-dealkylation sites (tertiary alicyclic amines) is 1. The van der Waals surface area contributed by atoms with Crippen LogP contribution in [-0.4, -0.2) is 36.3 Å². The topological polar surface area (TPSA) is 75.4 Å². The smallest absolute Gasteiger partial charge is 0.252 e. The zero-order valence-electron chi connectivity index (χ0n) is 9.94. The van der Waals surface area contributed by atoms with E-state index in [1.54, 1.807) is 24.1 Å². The maximum Gasteiger partial charge on any atom is 0.252 e. The molecule has 1 unspecified atom stereocenters. The lowest BCUT2D eigenvalue weighted by Gasteiger charge is -2.12. The molecule has 1 atom stereocenters. The van der Waals surface area contributed by atoms with Gasteiger partial charge in [-0.3, -0.25) is 9.59 Å². The van der Waals surface area contributed by atoms with Gasteiger partial charge >= 0.3 is 0 Å². The van der Waals surface area contributed by atoms with Crippen LogP contribution in [0, 0.1) is 0 Å². The van der Waals surface area contributed by atoms with Crippen LogP contribution in [0.5, 0.6) is 0 Å². The summed E-state index contributed by atoms with van der Waals surface area (Å²) in [5.74, 6) is -0.377. The summed E-state index contributed by atoms with van der Waals surface area (Å²) in [5, 5.41) is 3.10. The van der Waals surface area contributed by atoms with Crippen LogP contribution in [0.25, 0.3) is 0 Å². The van der Waals surface area contributed by atoms with Crippen LogP contribution in [0.3, 0.4) is 0 Å². The second-order valence-corrected chi connectivity index (χ2v) is 4.72. The number of nitrogens with zero attached hydrogens (tertiary/aromatic N) is 1. The van der Waals surface area contributed by atoms with Crippen LogP contribution < -0.4 is 11.1 Å². The number of carbonyl (C=O) groups excluding carboxylic acids is 2. The number of nitrogens with two attached hydrogens (primary N) is 1. The molecule has 3 N–H and O–H groups in total. The molecule has 1 heterocycles. The number of anilines is 1. The predicted octanol–water partition coefficient (Wildman–Crippen LogP) is 0.883. The van der Waals surface area contributed by atoms with E-state index in [0.717, 1.165) is 0 Å². The second kappa shape index (κ2) is 4.86. The van der Waals surface area contributed by atoms with Gasteiger partial charge in [0.1, 0.15) is 6.04 Å². The molecule has 0 radical (unpaired) electrons. The van der Waals surface area contributed by atoms with Crippen LogP contribution in [0.1, 0.15) is 16.8 Å². The molecule has 0 saturated carbocycles. The SMILES string of the molecule is CN1CCC(NC(=O)c2ccc(Cl)c(N)c2)C1=O. The number of likely N-dealkylation sites (N-methyl/N-ethyl adjacent to an activating group) is 1. The number of nitrogens with one attached hydrogen (secondary N) is 1. The number of halogens is 1. The van der Waals surface area contributed by atoms with E-state index in [1.165, 1.54) is 6.07 Å². The first kappa shape index (κ1) is 12.7. The number of nitrogen functional groups attached to an aromatic ring is 1. The quantitative estimate of drug-likeness (QED) is 0.781. The summed E-state index contributed by atoms with van der Waals surface area (Å²) in [6.07, 6.45) is 0.629. The van der Waals surface area contributed by atoms with Crippen molar-refractivity contribution in [2.45, 2.75) is 12.5 Å². The molecule has 0 spiro atoms. The van der Waals surface area contributed by atoms with Crippen molar-refractivity contribution in [3.05, 3.63) is 28.8 Å². The molecule has 1 fully saturated rings. The van der Waals surface area contributed by atoms with Crippen LogP contribution in [-0.2, 0) is 4.79 Å². The van der Waals surface area contributed by atoms with Gasteiger partial charge in [0.2, 0.25) is 5.91 Å². The fourth-order valence-corrected chi connectivity index (χ4v) is 2.00. The standard InChI is InChI=1S/C12H14ClN3O2/c1-16-5-4-10(12(16)18)15-11(17)7-2-3-8(13)9(14)6-7/h2-3,6,10H,4-5,14H2,1H3,(H,15,17). The summed E-state index contributed by atoms with van der Waals surface area (Å²) in [7, 11) is 1.72. The number of hydrogen-bond acceptors (Lipinski definition) is 3. The first-order valence-electron chi connectivity index (χ1n) is 5.60. The molecule has 2 rings (SSSR count). The van der Waals surface area contributed by atoms with E-state index < -0.39 is 6.04 Å². The van der Waals surface area contributed by atoms with Gasteiger partial charge in [0.15, 0.2) is 0 Å². The second-order valence-electron chi connectivity index (χ2n) is 4.31. The number of amides is 2. The predicted molar refractivity (Wildman–Crippen MR) is 69.4 cm³/mol. The lowest BCUT2D eigenvalue weighted by Crippen LogP contribution is -2.40. The number of carbonyl (C=O) groups is 2. The molecule has 1 aromatic carbocycles. The van der Waals surface area contributed by atoms with Crippen molar-refractivity contribution in [1.82, 2.24) is 10.2 Å². The monoisotopic (exact) mass is 267 g/mol. The maximum atomic E-state index is 11.9. The number of rotatable bonds is 2. The summed E-state index contributed by atoms with van der Waals surface area (Å²) >= 11 is 5.78. The Hall–Kier alpha value is -1.75. The third kappa shape index (κ3) is 2.41. The van der Waals surface area contributed by atoms with Crippen molar-refractivity contribution in [2.24, 2.45) is 0 Å². The highest BCUT2D eigenvalue weighted by Gasteiger charge is 2.30. The normalized spacial score (nSPS) is 19.1. The molecule has 1 aliphatic rings. The van der Waals surface area contributed by atoms with Gasteiger partial charge in [0.05, 0.1) is 10.7 Å². The van der Waals surface area contributed by atoms with Crippen molar-refractivity contribution in [2.75, 3.05) is 19.3 Å². The van der Waals surface area contributed by atoms with E-state index in [9.17, 15) is 9.59 Å². The molecule has 2 amide bonds. The van der Waals surface area contributed by atoms with Gasteiger partial charge in [-0.1, -0.05) is 11.6 Å². The van der Waals surface area contributed by atoms with Crippen molar-refractivity contribution >= 4 is 29.1 Å². The first-order chi connectivity index (χ1) is 8.49. The van der Waals surface area contributed by atoms with Crippen molar-refractivity contribution in [3.63, 3.8) is 0 Å². The summed E-state index contributed by atoms with van der Waals surface area (Å²) in [6.45, 7) is 0.659. The Balaban J connectivity index is 2.08. The average molecular weight is 268 g/mol. The molecule has 0 aliphatic carbocycles. The van der Waals surface area contributed by atoms with Gasteiger partial charge in [-0.25, -0.2) is 0 Å². The maximum absolute atomic E-state index is 11.9. The Labute approximate surface area is 110 Å². The largest absolute Gasteiger partial charge is 0.398 e. The highest BCUT2D eigenvalue weighted by molar-refractivity contribution is 6.33. The molecule has 18 heavy (non-hydrogen) atoms. The van der Waals surface area contributed by atoms with Crippen molar-refractivity contribution in [1.29, 1.82) is 0 Å². The number of benzene rings is 1.